The number of para-hydroxylation sites is 1. The molecule has 1 amide bonds. The van der Waals surface area contributed by atoms with E-state index in [1.165, 1.54) is 11.8 Å². The molecule has 1 heterocycles. The van der Waals surface area contributed by atoms with Crippen molar-refractivity contribution in [1.82, 2.24) is 9.97 Å². The van der Waals surface area contributed by atoms with Gasteiger partial charge in [0.15, 0.2) is 5.16 Å². The van der Waals surface area contributed by atoms with Gasteiger partial charge < -0.3 is 4.74 Å². The molecule has 1 N–H and O–H groups in total. The molecule has 0 aliphatic rings. The predicted octanol–water partition coefficient (Wildman–Crippen LogP) is 3.85. The summed E-state index contributed by atoms with van der Waals surface area (Å²) in [4.78, 5) is 20.3. The van der Waals surface area contributed by atoms with Gasteiger partial charge in [0.05, 0.1) is 0 Å². The number of carbonyl (C=O) groups excluding carboxylic acids is 1. The number of amides is 1. The maximum absolute atomic E-state index is 11.6. The van der Waals surface area contributed by atoms with E-state index in [2.05, 4.69) is 15.3 Å². The minimum Gasteiger partial charge on any atom is -0.448 e. The highest BCUT2D eigenvalue weighted by atomic mass is 32.2. The Hall–Kier alpha value is -1.73. The third-order valence-corrected chi connectivity index (χ3v) is 4.00. The maximum atomic E-state index is 11.6. The molecule has 0 bridgehead atoms. The van der Waals surface area contributed by atoms with Gasteiger partial charge in [-0.25, -0.2) is 14.8 Å². The van der Waals surface area contributed by atoms with Crippen LogP contribution < -0.4 is 5.32 Å². The second kappa shape index (κ2) is 8.65. The standard InChI is InChI=1S/C15H17N3O2S2/c1-11-10-13(18-14(16-11)21-2)22-9-8-20-15(19)17-12-6-4-3-5-7-12/h3-7,10H,8-9H2,1-2H3,(H,17,19). The fraction of sp³-hybridized carbons (Fsp3) is 0.267. The van der Waals surface area contributed by atoms with E-state index in [0.717, 1.165) is 21.6 Å². The van der Waals surface area contributed by atoms with Crippen LogP contribution in [0.5, 0.6) is 0 Å². The molecule has 1 aromatic carbocycles. The van der Waals surface area contributed by atoms with E-state index in [-0.39, 0.29) is 0 Å². The molecule has 1 aromatic heterocycles. The van der Waals surface area contributed by atoms with Crippen molar-refractivity contribution in [2.75, 3.05) is 23.9 Å². The Balaban J connectivity index is 1.73. The van der Waals surface area contributed by atoms with Gasteiger partial charge in [0.1, 0.15) is 11.6 Å². The lowest BCUT2D eigenvalue weighted by Gasteiger charge is -2.07. The number of aryl methyl sites for hydroxylation is 1. The number of aromatic nitrogens is 2. The van der Waals surface area contributed by atoms with Crippen molar-refractivity contribution in [3.8, 4) is 0 Å². The van der Waals surface area contributed by atoms with Crippen LogP contribution in [0.2, 0.25) is 0 Å². The van der Waals surface area contributed by atoms with Crippen molar-refractivity contribution in [2.24, 2.45) is 0 Å². The average Bonchev–Trinajstić information content (AvgIpc) is 2.52. The first-order valence-corrected chi connectivity index (χ1v) is 8.89. The van der Waals surface area contributed by atoms with E-state index in [1.807, 2.05) is 49.6 Å². The van der Waals surface area contributed by atoms with E-state index in [1.54, 1.807) is 11.8 Å². The number of benzene rings is 1. The van der Waals surface area contributed by atoms with Crippen molar-refractivity contribution in [3.63, 3.8) is 0 Å². The van der Waals surface area contributed by atoms with Crippen LogP contribution in [-0.2, 0) is 4.74 Å². The molecule has 0 atom stereocenters. The second-order valence-corrected chi connectivity index (χ2v) is 6.20. The highest BCUT2D eigenvalue weighted by Crippen LogP contribution is 2.19. The molecule has 5 nitrogen and oxygen atoms in total. The maximum Gasteiger partial charge on any atom is 0.411 e. The second-order valence-electron chi connectivity index (χ2n) is 4.31. The summed E-state index contributed by atoms with van der Waals surface area (Å²) in [6.07, 6.45) is 1.50. The van der Waals surface area contributed by atoms with Crippen molar-refractivity contribution >= 4 is 35.3 Å². The summed E-state index contributed by atoms with van der Waals surface area (Å²) < 4.78 is 5.14. The SMILES string of the molecule is CSc1nc(C)cc(SCCOC(=O)Nc2ccccc2)n1. The monoisotopic (exact) mass is 335 g/mol. The highest BCUT2D eigenvalue weighted by molar-refractivity contribution is 7.99. The summed E-state index contributed by atoms with van der Waals surface area (Å²) in [6.45, 7) is 2.26. The molecule has 0 radical (unpaired) electrons. The lowest BCUT2D eigenvalue weighted by Crippen LogP contribution is -2.15. The van der Waals surface area contributed by atoms with E-state index in [9.17, 15) is 4.79 Å². The Morgan fingerprint density at radius 1 is 1.27 bits per heavy atom. The molecular weight excluding hydrogens is 318 g/mol. The number of anilines is 1. The first kappa shape index (κ1) is 16.6. The molecule has 0 unspecified atom stereocenters. The number of ether oxygens (including phenoxy) is 1. The van der Waals surface area contributed by atoms with Gasteiger partial charge in [-0.05, 0) is 31.4 Å². The van der Waals surface area contributed by atoms with Crippen LogP contribution in [0.4, 0.5) is 10.5 Å². The molecule has 0 fully saturated rings. The fourth-order valence-corrected chi connectivity index (χ4v) is 2.90. The average molecular weight is 335 g/mol. The van der Waals surface area contributed by atoms with E-state index >= 15 is 0 Å². The molecule has 2 aromatic rings. The summed E-state index contributed by atoms with van der Waals surface area (Å²) in [7, 11) is 0. The third kappa shape index (κ3) is 5.57. The molecule has 0 aliphatic carbocycles. The summed E-state index contributed by atoms with van der Waals surface area (Å²) >= 11 is 3.05. The quantitative estimate of drug-likeness (QED) is 0.374. The first-order valence-electron chi connectivity index (χ1n) is 6.68. The number of carbonyl (C=O) groups is 1. The lowest BCUT2D eigenvalue weighted by molar-refractivity contribution is 0.169. The molecule has 7 heteroatoms. The largest absolute Gasteiger partial charge is 0.448 e. The van der Waals surface area contributed by atoms with Crippen LogP contribution in [0.15, 0.2) is 46.6 Å². The first-order chi connectivity index (χ1) is 10.7. The number of hydrogen-bond donors (Lipinski definition) is 1. The van der Waals surface area contributed by atoms with Crippen LogP contribution in [0, 0.1) is 6.92 Å². The van der Waals surface area contributed by atoms with Crippen LogP contribution in [0.25, 0.3) is 0 Å². The van der Waals surface area contributed by atoms with Gasteiger partial charge in [0.25, 0.3) is 0 Å². The van der Waals surface area contributed by atoms with Crippen LogP contribution in [0.3, 0.4) is 0 Å². The zero-order valence-electron chi connectivity index (χ0n) is 12.4. The van der Waals surface area contributed by atoms with Gasteiger partial charge in [-0.2, -0.15) is 0 Å². The molecular formula is C15H17N3O2S2. The molecule has 116 valence electrons. The van der Waals surface area contributed by atoms with Gasteiger partial charge in [0, 0.05) is 17.1 Å². The summed E-state index contributed by atoms with van der Waals surface area (Å²) in [5.74, 6) is 0.645. The van der Waals surface area contributed by atoms with Crippen LogP contribution in [-0.4, -0.2) is 34.7 Å². The zero-order chi connectivity index (χ0) is 15.8. The van der Waals surface area contributed by atoms with Crippen LogP contribution >= 0.6 is 23.5 Å². The van der Waals surface area contributed by atoms with Crippen molar-refractivity contribution < 1.29 is 9.53 Å². The van der Waals surface area contributed by atoms with Gasteiger partial charge in [0.2, 0.25) is 0 Å². The minimum atomic E-state index is -0.449. The van der Waals surface area contributed by atoms with Crippen molar-refractivity contribution in [3.05, 3.63) is 42.1 Å². The van der Waals surface area contributed by atoms with Gasteiger partial charge in [-0.1, -0.05) is 30.0 Å². The normalized spacial score (nSPS) is 10.3. The zero-order valence-corrected chi connectivity index (χ0v) is 14.0. The number of nitrogens with one attached hydrogen (secondary N) is 1. The Labute approximate surface area is 138 Å². The summed E-state index contributed by atoms with van der Waals surface area (Å²) in [6, 6.07) is 11.1. The molecule has 0 spiro atoms. The topological polar surface area (TPSA) is 64.1 Å². The van der Waals surface area contributed by atoms with Gasteiger partial charge in [-0.15, -0.1) is 11.8 Å². The molecule has 0 saturated carbocycles. The number of nitrogens with zero attached hydrogens (tertiary/aromatic N) is 2. The molecule has 2 rings (SSSR count). The van der Waals surface area contributed by atoms with Crippen molar-refractivity contribution in [2.45, 2.75) is 17.1 Å². The molecule has 22 heavy (non-hydrogen) atoms. The van der Waals surface area contributed by atoms with E-state index < -0.39 is 6.09 Å². The smallest absolute Gasteiger partial charge is 0.411 e. The Bertz CT molecular complexity index is 623. The van der Waals surface area contributed by atoms with E-state index in [4.69, 9.17) is 4.74 Å². The summed E-state index contributed by atoms with van der Waals surface area (Å²) in [5.41, 5.74) is 1.65. The summed E-state index contributed by atoms with van der Waals surface area (Å²) in [5, 5.41) is 4.32. The fourth-order valence-electron chi connectivity index (χ4n) is 1.63. The number of rotatable bonds is 6. The molecule has 0 saturated heterocycles. The number of thioether (sulfide) groups is 2. The third-order valence-electron chi connectivity index (χ3n) is 2.58. The predicted molar refractivity (Wildman–Crippen MR) is 90.7 cm³/mol. The van der Waals surface area contributed by atoms with Gasteiger partial charge in [-0.3, -0.25) is 5.32 Å². The molecule has 0 aliphatic heterocycles. The Kier molecular flexibility index (Phi) is 6.54. The van der Waals surface area contributed by atoms with Gasteiger partial charge >= 0.3 is 6.09 Å². The minimum absolute atomic E-state index is 0.320. The highest BCUT2D eigenvalue weighted by Gasteiger charge is 2.05. The lowest BCUT2D eigenvalue weighted by atomic mass is 10.3. The Morgan fingerprint density at radius 2 is 2.05 bits per heavy atom. The Morgan fingerprint density at radius 3 is 2.77 bits per heavy atom. The number of hydrogen-bond acceptors (Lipinski definition) is 6. The van der Waals surface area contributed by atoms with E-state index in [0.29, 0.717) is 12.4 Å². The van der Waals surface area contributed by atoms with Crippen LogP contribution in [0.1, 0.15) is 5.69 Å². The van der Waals surface area contributed by atoms with Crippen molar-refractivity contribution in [1.29, 1.82) is 0 Å².